The first-order chi connectivity index (χ1) is 24.8. The fourth-order valence-electron chi connectivity index (χ4n) is 6.80. The van der Waals surface area contributed by atoms with Gasteiger partial charge in [-0.05, 0) is 82.0 Å². The molecular formula is C40H53BN4O7S. The summed E-state index contributed by atoms with van der Waals surface area (Å²) < 4.78 is 18.6. The highest BCUT2D eigenvalue weighted by atomic mass is 32.1. The minimum Gasteiger partial charge on any atom is -0.399 e. The monoisotopic (exact) mass is 744 g/mol. The third-order valence-electron chi connectivity index (χ3n) is 11.2. The molecule has 2 aromatic carbocycles. The molecular weight excluding hydrogens is 691 g/mol. The highest BCUT2D eigenvalue weighted by Gasteiger charge is 2.54. The van der Waals surface area contributed by atoms with Crippen LogP contribution in [-0.2, 0) is 35.0 Å². The van der Waals surface area contributed by atoms with E-state index in [1.54, 1.807) is 11.3 Å². The molecule has 3 heterocycles. The molecule has 2 aliphatic heterocycles. The number of hydrogen-bond donors (Lipinski definition) is 3. The molecule has 284 valence electrons. The largest absolute Gasteiger partial charge is 0.494 e. The number of β-amino-alcohol motifs (C(OH)–C–C–N with tert-alkyl or cyclic N) is 1. The Hall–Kier alpha value is -3.62. The fourth-order valence-corrected chi connectivity index (χ4v) is 7.61. The number of nitrogens with zero attached hydrogens (tertiary/aromatic N) is 2. The van der Waals surface area contributed by atoms with Crippen molar-refractivity contribution < 1.29 is 33.5 Å². The number of rotatable bonds is 11. The maximum Gasteiger partial charge on any atom is 0.494 e. The Morgan fingerprint density at radius 2 is 1.64 bits per heavy atom. The zero-order valence-corrected chi connectivity index (χ0v) is 33.1. The van der Waals surface area contributed by atoms with E-state index in [1.807, 2.05) is 116 Å². The number of thiazole rings is 1. The molecule has 3 fully saturated rings. The van der Waals surface area contributed by atoms with Crippen molar-refractivity contribution in [2.24, 2.45) is 5.41 Å². The first-order valence-corrected chi connectivity index (χ1v) is 19.4. The van der Waals surface area contributed by atoms with Crippen molar-refractivity contribution in [1.29, 1.82) is 0 Å². The topological polar surface area (TPSA) is 139 Å². The van der Waals surface area contributed by atoms with E-state index in [1.165, 1.54) is 4.90 Å². The van der Waals surface area contributed by atoms with Gasteiger partial charge in [-0.25, -0.2) is 4.98 Å². The van der Waals surface area contributed by atoms with Gasteiger partial charge in [-0.2, -0.15) is 0 Å². The molecule has 2 unspecified atom stereocenters. The molecule has 0 spiro atoms. The summed E-state index contributed by atoms with van der Waals surface area (Å²) >= 11 is 1.58. The van der Waals surface area contributed by atoms with Crippen LogP contribution in [0.25, 0.3) is 10.4 Å². The number of amides is 3. The van der Waals surface area contributed by atoms with Crippen LogP contribution in [0.15, 0.2) is 54.0 Å². The van der Waals surface area contributed by atoms with E-state index in [9.17, 15) is 19.5 Å². The number of aryl methyl sites for hydroxylation is 1. The van der Waals surface area contributed by atoms with Gasteiger partial charge in [0.05, 0.1) is 46.0 Å². The van der Waals surface area contributed by atoms with Crippen molar-refractivity contribution in [3.05, 3.63) is 70.9 Å². The number of aromatic nitrogens is 1. The first-order valence-electron chi connectivity index (χ1n) is 18.5. The Bertz CT molecular complexity index is 1800. The van der Waals surface area contributed by atoms with Crippen molar-refractivity contribution >= 4 is 41.6 Å². The average Bonchev–Trinajstić information content (AvgIpc) is 3.50. The molecule has 3 amide bonds. The minimum absolute atomic E-state index is 0.000215. The summed E-state index contributed by atoms with van der Waals surface area (Å²) in [7, 11) is -0.468. The van der Waals surface area contributed by atoms with Crippen LogP contribution in [0, 0.1) is 12.3 Å². The number of aliphatic hydroxyl groups excluding tert-OH is 1. The number of ether oxygens (including phenoxy) is 1. The molecule has 11 nitrogen and oxygen atoms in total. The smallest absolute Gasteiger partial charge is 0.399 e. The zero-order chi connectivity index (χ0) is 38.5. The van der Waals surface area contributed by atoms with Crippen LogP contribution in [0.2, 0.25) is 0 Å². The fraction of sp³-hybridized carbons (Fsp3) is 0.550. The summed E-state index contributed by atoms with van der Waals surface area (Å²) in [5.74, 6) is -1.12. The second kappa shape index (κ2) is 14.6. The van der Waals surface area contributed by atoms with Crippen molar-refractivity contribution in [3.8, 4) is 10.4 Å². The van der Waals surface area contributed by atoms with Gasteiger partial charge in [-0.15, -0.1) is 11.3 Å². The molecule has 3 aliphatic rings. The number of hydrogen-bond acceptors (Lipinski definition) is 9. The number of carbonyl (C=O) groups excluding carboxylic acids is 3. The molecule has 1 aromatic heterocycles. The van der Waals surface area contributed by atoms with Gasteiger partial charge in [0, 0.05) is 13.0 Å². The lowest BCUT2D eigenvalue weighted by Crippen LogP contribution is -2.59. The van der Waals surface area contributed by atoms with E-state index >= 15 is 0 Å². The summed E-state index contributed by atoms with van der Waals surface area (Å²) in [5, 5.41) is 16.7. The highest BCUT2D eigenvalue weighted by molar-refractivity contribution is 7.13. The van der Waals surface area contributed by atoms with E-state index in [0.717, 1.165) is 32.7 Å². The predicted molar refractivity (Wildman–Crippen MR) is 205 cm³/mol. The highest BCUT2D eigenvalue weighted by Crippen LogP contribution is 2.41. The maximum absolute atomic E-state index is 14.2. The zero-order valence-electron chi connectivity index (χ0n) is 32.3. The van der Waals surface area contributed by atoms with Crippen molar-refractivity contribution in [2.75, 3.05) is 6.54 Å². The van der Waals surface area contributed by atoms with Crippen LogP contribution in [0.5, 0.6) is 0 Å². The Morgan fingerprint density at radius 1 is 1.02 bits per heavy atom. The lowest BCUT2D eigenvalue weighted by Gasteiger charge is -2.36. The summed E-state index contributed by atoms with van der Waals surface area (Å²) in [6.45, 7) is 17.8. The Balaban J connectivity index is 1.07. The summed E-state index contributed by atoms with van der Waals surface area (Å²) in [6, 6.07) is 13.6. The van der Waals surface area contributed by atoms with Crippen molar-refractivity contribution in [2.45, 2.75) is 129 Å². The molecule has 53 heavy (non-hydrogen) atoms. The van der Waals surface area contributed by atoms with Gasteiger partial charge in [0.25, 0.3) is 5.91 Å². The predicted octanol–water partition coefficient (Wildman–Crippen LogP) is 4.84. The molecule has 0 radical (unpaired) electrons. The second-order valence-corrected chi connectivity index (χ2v) is 17.8. The molecule has 13 heteroatoms. The van der Waals surface area contributed by atoms with E-state index in [0.29, 0.717) is 12.8 Å². The Morgan fingerprint density at radius 3 is 2.19 bits per heavy atom. The summed E-state index contributed by atoms with van der Waals surface area (Å²) in [5.41, 5.74) is 3.96. The average molecular weight is 745 g/mol. The van der Waals surface area contributed by atoms with Gasteiger partial charge in [-0.3, -0.25) is 14.4 Å². The number of carbonyl (C=O) groups is 3. The molecule has 2 saturated heterocycles. The molecule has 1 saturated carbocycles. The van der Waals surface area contributed by atoms with Crippen LogP contribution in [0.1, 0.15) is 97.5 Å². The SMILES string of the molecule is Cc1ncsc1-c1ccc(C(C)NC(=O)[C@@H]2C[C@@H](O)CN2C(=O)C(NC(=O)C2(OCc3ccc(B4OC(C)(C)C(C)(C)O4)cc3)CC2)C(C)(C)C)cc1. The molecule has 3 aromatic rings. The number of benzene rings is 2. The minimum atomic E-state index is -1.04. The van der Waals surface area contributed by atoms with E-state index in [-0.39, 0.29) is 37.4 Å². The normalized spacial score (nSPS) is 22.7. The maximum atomic E-state index is 14.2. The van der Waals surface area contributed by atoms with Crippen LogP contribution in [0.3, 0.4) is 0 Å². The number of likely N-dealkylation sites (tertiary alicyclic amines) is 1. The van der Waals surface area contributed by atoms with E-state index < -0.39 is 53.4 Å². The van der Waals surface area contributed by atoms with Crippen molar-refractivity contribution in [1.82, 2.24) is 20.5 Å². The quantitative estimate of drug-likeness (QED) is 0.238. The number of aliphatic hydroxyl groups is 1. The Labute approximate surface area is 317 Å². The third-order valence-corrected chi connectivity index (χ3v) is 12.1. The first kappa shape index (κ1) is 39.1. The molecule has 1 aliphatic carbocycles. The van der Waals surface area contributed by atoms with Gasteiger partial charge in [0.15, 0.2) is 0 Å². The Kier molecular flexibility index (Phi) is 10.7. The lowest BCUT2D eigenvalue weighted by molar-refractivity contribution is -0.147. The van der Waals surface area contributed by atoms with Gasteiger partial charge in [0.2, 0.25) is 11.8 Å². The second-order valence-electron chi connectivity index (χ2n) is 16.9. The van der Waals surface area contributed by atoms with E-state index in [2.05, 4.69) is 15.6 Å². The standard InChI is InChI=1S/C40H53BN4O7S/c1-24(27-12-14-28(15-13-27)32-25(2)42-23-53-32)43-34(47)31-20-30(46)21-45(31)35(48)33(37(3,4)5)44-36(49)40(18-19-40)50-22-26-10-16-29(17-11-26)41-51-38(6,7)39(8,9)52-41/h10-17,23-24,30-31,33,46H,18-22H2,1-9H3,(H,43,47)(H,44,49)/t24?,30-,31+,33?/m1/s1. The van der Waals surface area contributed by atoms with Crippen molar-refractivity contribution in [3.63, 3.8) is 0 Å². The third kappa shape index (κ3) is 8.24. The molecule has 0 bridgehead atoms. The molecule has 3 N–H and O–H groups in total. The summed E-state index contributed by atoms with van der Waals surface area (Å²) in [6.07, 6.45) is 0.314. The van der Waals surface area contributed by atoms with Crippen LogP contribution >= 0.6 is 11.3 Å². The van der Waals surface area contributed by atoms with Gasteiger partial charge in [-0.1, -0.05) is 69.3 Å². The van der Waals surface area contributed by atoms with Gasteiger partial charge >= 0.3 is 7.12 Å². The molecule has 4 atom stereocenters. The number of nitrogens with one attached hydrogen (secondary N) is 2. The van der Waals surface area contributed by atoms with E-state index in [4.69, 9.17) is 14.0 Å². The van der Waals surface area contributed by atoms with Crippen LogP contribution in [0.4, 0.5) is 0 Å². The van der Waals surface area contributed by atoms with Gasteiger partial charge < -0.3 is 34.7 Å². The van der Waals surface area contributed by atoms with Gasteiger partial charge in [0.1, 0.15) is 17.7 Å². The summed E-state index contributed by atoms with van der Waals surface area (Å²) in [4.78, 5) is 48.6. The lowest BCUT2D eigenvalue weighted by atomic mass is 9.79. The van der Waals surface area contributed by atoms with Crippen LogP contribution < -0.4 is 16.1 Å². The van der Waals surface area contributed by atoms with Crippen LogP contribution in [-0.4, -0.2) is 81.4 Å². The molecule has 6 rings (SSSR count).